The third kappa shape index (κ3) is 1.96. The van der Waals surface area contributed by atoms with Gasteiger partial charge >= 0.3 is 0 Å². The van der Waals surface area contributed by atoms with Gasteiger partial charge < -0.3 is 10.5 Å². The van der Waals surface area contributed by atoms with Gasteiger partial charge in [-0.3, -0.25) is 4.68 Å². The van der Waals surface area contributed by atoms with Crippen molar-refractivity contribution >= 4 is 17.4 Å². The average molecular weight is 280 g/mol. The third-order valence-electron chi connectivity index (χ3n) is 3.62. The maximum absolute atomic E-state index is 6.40. The molecule has 2 rings (SSSR count). The van der Waals surface area contributed by atoms with Crippen molar-refractivity contribution in [3.05, 3.63) is 27.9 Å². The van der Waals surface area contributed by atoms with Crippen LogP contribution in [0.1, 0.15) is 16.7 Å². The average Bonchev–Trinajstić information content (AvgIpc) is 2.72. The fraction of sp³-hybridized carbons (Fsp3) is 0.357. The summed E-state index contributed by atoms with van der Waals surface area (Å²) in [4.78, 5) is 0. The van der Waals surface area contributed by atoms with Crippen molar-refractivity contribution in [2.24, 2.45) is 7.05 Å². The van der Waals surface area contributed by atoms with E-state index in [1.807, 2.05) is 27.8 Å². The van der Waals surface area contributed by atoms with E-state index in [1.165, 1.54) is 0 Å². The summed E-state index contributed by atoms with van der Waals surface area (Å²) in [6, 6.07) is 0. The maximum atomic E-state index is 6.40. The Morgan fingerprint density at radius 3 is 2.32 bits per heavy atom. The number of hydrogen-bond donors (Lipinski definition) is 1. The molecule has 19 heavy (non-hydrogen) atoms. The molecule has 0 spiro atoms. The number of aromatic nitrogens is 2. The zero-order valence-corrected chi connectivity index (χ0v) is 12.6. The molecule has 0 aliphatic rings. The lowest BCUT2D eigenvalue weighted by molar-refractivity contribution is 0.412. The lowest BCUT2D eigenvalue weighted by Crippen LogP contribution is -2.01. The Morgan fingerprint density at radius 1 is 1.21 bits per heavy atom. The summed E-state index contributed by atoms with van der Waals surface area (Å²) in [6.07, 6.45) is 1.74. The molecule has 0 fully saturated rings. The highest BCUT2D eigenvalue weighted by atomic mass is 35.5. The molecule has 0 radical (unpaired) electrons. The summed E-state index contributed by atoms with van der Waals surface area (Å²) in [7, 11) is 3.47. The Kier molecular flexibility index (Phi) is 3.45. The molecule has 0 unspecified atom stereocenters. The van der Waals surface area contributed by atoms with Gasteiger partial charge in [-0.2, -0.15) is 5.10 Å². The highest BCUT2D eigenvalue weighted by molar-refractivity contribution is 6.32. The van der Waals surface area contributed by atoms with E-state index < -0.39 is 0 Å². The zero-order chi connectivity index (χ0) is 14.3. The minimum absolute atomic E-state index is 0.598. The molecule has 1 aromatic heterocycles. The molecule has 102 valence electrons. The van der Waals surface area contributed by atoms with E-state index in [1.54, 1.807) is 18.0 Å². The number of rotatable bonds is 2. The summed E-state index contributed by atoms with van der Waals surface area (Å²) in [5, 5.41) is 4.93. The quantitative estimate of drug-likeness (QED) is 0.918. The number of hydrogen-bond acceptors (Lipinski definition) is 3. The number of nitrogens with two attached hydrogens (primary N) is 1. The van der Waals surface area contributed by atoms with Gasteiger partial charge in [0.05, 0.1) is 13.3 Å². The highest BCUT2D eigenvalue weighted by Gasteiger charge is 2.21. The lowest BCUT2D eigenvalue weighted by Gasteiger charge is -2.18. The van der Waals surface area contributed by atoms with Gasteiger partial charge in [0.1, 0.15) is 11.6 Å². The van der Waals surface area contributed by atoms with Crippen LogP contribution in [0.4, 0.5) is 5.82 Å². The Balaban J connectivity index is 2.87. The van der Waals surface area contributed by atoms with E-state index in [2.05, 4.69) is 5.10 Å². The van der Waals surface area contributed by atoms with E-state index in [0.29, 0.717) is 5.82 Å². The number of ether oxygens (including phenoxy) is 1. The molecule has 0 amide bonds. The van der Waals surface area contributed by atoms with Crippen molar-refractivity contribution < 1.29 is 4.74 Å². The number of nitrogens with zero attached hydrogens (tertiary/aromatic N) is 2. The second-order valence-corrected chi connectivity index (χ2v) is 5.04. The van der Waals surface area contributed by atoms with Crippen molar-refractivity contribution in [1.29, 1.82) is 0 Å². The number of aryl methyl sites for hydroxylation is 1. The van der Waals surface area contributed by atoms with E-state index >= 15 is 0 Å². The van der Waals surface area contributed by atoms with Crippen LogP contribution in [0.2, 0.25) is 5.02 Å². The molecule has 2 aromatic rings. The van der Waals surface area contributed by atoms with Gasteiger partial charge in [-0.05, 0) is 37.5 Å². The van der Waals surface area contributed by atoms with Gasteiger partial charge in [0.15, 0.2) is 0 Å². The van der Waals surface area contributed by atoms with Crippen LogP contribution >= 0.6 is 11.6 Å². The minimum atomic E-state index is 0.598. The summed E-state index contributed by atoms with van der Waals surface area (Å²) < 4.78 is 7.20. The smallest absolute Gasteiger partial charge is 0.130 e. The van der Waals surface area contributed by atoms with E-state index in [0.717, 1.165) is 38.6 Å². The van der Waals surface area contributed by atoms with Crippen molar-refractivity contribution in [1.82, 2.24) is 9.78 Å². The summed E-state index contributed by atoms with van der Waals surface area (Å²) in [5.74, 6) is 1.40. The SMILES string of the molecule is COc1c(C)c(C)c(Cl)c(C)c1-c1cnn(C)c1N. The second kappa shape index (κ2) is 4.78. The molecular weight excluding hydrogens is 262 g/mol. The van der Waals surface area contributed by atoms with Gasteiger partial charge in [-0.25, -0.2) is 0 Å². The molecule has 4 nitrogen and oxygen atoms in total. The Labute approximate surface area is 118 Å². The zero-order valence-electron chi connectivity index (χ0n) is 11.8. The van der Waals surface area contributed by atoms with Crippen LogP contribution in [0.25, 0.3) is 11.1 Å². The van der Waals surface area contributed by atoms with Crippen LogP contribution in [0.15, 0.2) is 6.20 Å². The van der Waals surface area contributed by atoms with E-state index in [9.17, 15) is 0 Å². The van der Waals surface area contributed by atoms with Gasteiger partial charge in [-0.1, -0.05) is 11.6 Å². The normalized spacial score (nSPS) is 10.8. The van der Waals surface area contributed by atoms with E-state index in [4.69, 9.17) is 22.1 Å². The van der Waals surface area contributed by atoms with Crippen molar-refractivity contribution in [3.63, 3.8) is 0 Å². The summed E-state index contributed by atoms with van der Waals surface area (Å²) in [5.41, 5.74) is 10.8. The molecule has 0 saturated carbocycles. The van der Waals surface area contributed by atoms with Crippen LogP contribution in [0.5, 0.6) is 5.75 Å². The standard InChI is InChI=1S/C14H18ClN3O/c1-7-8(2)13(19-5)11(9(3)12(7)15)10-6-17-18(4)14(10)16/h6H,16H2,1-5H3. The number of methoxy groups -OCH3 is 1. The Hall–Kier alpha value is -1.68. The van der Waals surface area contributed by atoms with Crippen LogP contribution in [-0.4, -0.2) is 16.9 Å². The first-order valence-corrected chi connectivity index (χ1v) is 6.39. The second-order valence-electron chi connectivity index (χ2n) is 4.66. The van der Waals surface area contributed by atoms with Gasteiger partial charge in [0.25, 0.3) is 0 Å². The van der Waals surface area contributed by atoms with Crippen molar-refractivity contribution in [2.45, 2.75) is 20.8 Å². The Morgan fingerprint density at radius 2 is 1.84 bits per heavy atom. The van der Waals surface area contributed by atoms with Gasteiger partial charge in [-0.15, -0.1) is 0 Å². The molecule has 1 aromatic carbocycles. The predicted octanol–water partition coefficient (Wildman–Crippen LogP) is 3.26. The fourth-order valence-corrected chi connectivity index (χ4v) is 2.54. The first-order valence-electron chi connectivity index (χ1n) is 6.01. The first-order chi connectivity index (χ1) is 8.90. The molecule has 5 heteroatoms. The molecule has 2 N–H and O–H groups in total. The molecule has 0 saturated heterocycles. The van der Waals surface area contributed by atoms with Gasteiger partial charge in [0, 0.05) is 23.2 Å². The first kappa shape index (κ1) is 13.7. The van der Waals surface area contributed by atoms with Crippen molar-refractivity contribution in [3.8, 4) is 16.9 Å². The number of benzene rings is 1. The maximum Gasteiger partial charge on any atom is 0.130 e. The third-order valence-corrected chi connectivity index (χ3v) is 4.19. The van der Waals surface area contributed by atoms with Crippen LogP contribution in [0.3, 0.4) is 0 Å². The monoisotopic (exact) mass is 279 g/mol. The number of anilines is 1. The van der Waals surface area contributed by atoms with Crippen molar-refractivity contribution in [2.75, 3.05) is 12.8 Å². The molecule has 0 aliphatic heterocycles. The fourth-order valence-electron chi connectivity index (χ4n) is 2.30. The minimum Gasteiger partial charge on any atom is -0.496 e. The number of nitrogen functional groups attached to an aromatic ring is 1. The Bertz CT molecular complexity index is 647. The summed E-state index contributed by atoms with van der Waals surface area (Å²) >= 11 is 6.40. The molecule has 0 bridgehead atoms. The molecule has 0 atom stereocenters. The molecule has 0 aliphatic carbocycles. The topological polar surface area (TPSA) is 53.1 Å². The lowest BCUT2D eigenvalue weighted by atomic mass is 9.95. The number of halogens is 1. The van der Waals surface area contributed by atoms with Crippen LogP contribution in [-0.2, 0) is 7.05 Å². The van der Waals surface area contributed by atoms with Crippen LogP contribution in [0, 0.1) is 20.8 Å². The largest absolute Gasteiger partial charge is 0.496 e. The summed E-state index contributed by atoms with van der Waals surface area (Å²) in [6.45, 7) is 5.96. The van der Waals surface area contributed by atoms with Crippen LogP contribution < -0.4 is 10.5 Å². The van der Waals surface area contributed by atoms with E-state index in [-0.39, 0.29) is 0 Å². The highest BCUT2D eigenvalue weighted by Crippen LogP contribution is 2.43. The molecule has 1 heterocycles. The molecular formula is C14H18ClN3O. The predicted molar refractivity (Wildman–Crippen MR) is 78.8 cm³/mol. The van der Waals surface area contributed by atoms with Gasteiger partial charge in [0.2, 0.25) is 0 Å².